The SMILES string of the molecule is CN(Cc1ccc(F)cc1F)C(=O)Cc1csc(-c2cccs2)n1. The predicted molar refractivity (Wildman–Crippen MR) is 92.0 cm³/mol. The van der Waals surface area contributed by atoms with Crippen LogP contribution in [0.25, 0.3) is 9.88 Å². The van der Waals surface area contributed by atoms with Crippen molar-refractivity contribution in [3.63, 3.8) is 0 Å². The summed E-state index contributed by atoms with van der Waals surface area (Å²) in [6.45, 7) is 0.0901. The van der Waals surface area contributed by atoms with Crippen molar-refractivity contribution in [2.75, 3.05) is 7.05 Å². The molecule has 0 fully saturated rings. The summed E-state index contributed by atoms with van der Waals surface area (Å²) in [4.78, 5) is 19.2. The lowest BCUT2D eigenvalue weighted by Crippen LogP contribution is -2.28. The molecule has 0 atom stereocenters. The predicted octanol–water partition coefficient (Wildman–Crippen LogP) is 4.35. The molecule has 3 rings (SSSR count). The van der Waals surface area contributed by atoms with E-state index in [1.165, 1.54) is 28.4 Å². The van der Waals surface area contributed by atoms with E-state index in [1.54, 1.807) is 18.4 Å². The van der Waals surface area contributed by atoms with E-state index in [4.69, 9.17) is 0 Å². The third-order valence-electron chi connectivity index (χ3n) is 3.46. The van der Waals surface area contributed by atoms with Crippen LogP contribution in [0, 0.1) is 11.6 Å². The van der Waals surface area contributed by atoms with Crippen LogP contribution in [0.2, 0.25) is 0 Å². The molecule has 0 bridgehead atoms. The van der Waals surface area contributed by atoms with E-state index >= 15 is 0 Å². The molecule has 124 valence electrons. The summed E-state index contributed by atoms with van der Waals surface area (Å²) >= 11 is 3.10. The largest absolute Gasteiger partial charge is 0.341 e. The summed E-state index contributed by atoms with van der Waals surface area (Å²) in [5.41, 5.74) is 0.977. The first-order chi connectivity index (χ1) is 11.5. The van der Waals surface area contributed by atoms with Crippen molar-refractivity contribution < 1.29 is 13.6 Å². The number of hydrogen-bond acceptors (Lipinski definition) is 4. The number of carbonyl (C=O) groups excluding carboxylic acids is 1. The fraction of sp³-hybridized carbons (Fsp3) is 0.176. The van der Waals surface area contributed by atoms with Gasteiger partial charge in [-0.15, -0.1) is 22.7 Å². The Bertz CT molecular complexity index is 846. The van der Waals surface area contributed by atoms with Crippen molar-refractivity contribution in [3.05, 3.63) is 64.0 Å². The van der Waals surface area contributed by atoms with Crippen molar-refractivity contribution in [2.45, 2.75) is 13.0 Å². The van der Waals surface area contributed by atoms with Gasteiger partial charge in [-0.1, -0.05) is 12.1 Å². The maximum Gasteiger partial charge on any atom is 0.228 e. The summed E-state index contributed by atoms with van der Waals surface area (Å²) in [6, 6.07) is 7.30. The Morgan fingerprint density at radius 2 is 2.08 bits per heavy atom. The summed E-state index contributed by atoms with van der Waals surface area (Å²) in [5, 5.41) is 4.73. The van der Waals surface area contributed by atoms with Crippen LogP contribution in [0.3, 0.4) is 0 Å². The minimum Gasteiger partial charge on any atom is -0.341 e. The standard InChI is InChI=1S/C17H14F2N2OS2/c1-21(9-11-4-5-12(18)7-14(11)19)16(22)8-13-10-24-17(20-13)15-3-2-6-23-15/h2-7,10H,8-9H2,1H3. The van der Waals surface area contributed by atoms with E-state index in [0.717, 1.165) is 16.0 Å². The van der Waals surface area contributed by atoms with Gasteiger partial charge >= 0.3 is 0 Å². The summed E-state index contributed by atoms with van der Waals surface area (Å²) in [6.07, 6.45) is 0.154. The highest BCUT2D eigenvalue weighted by Gasteiger charge is 2.15. The average molecular weight is 364 g/mol. The lowest BCUT2D eigenvalue weighted by molar-refractivity contribution is -0.129. The van der Waals surface area contributed by atoms with Crippen molar-refractivity contribution in [3.8, 4) is 9.88 Å². The lowest BCUT2D eigenvalue weighted by Gasteiger charge is -2.17. The zero-order valence-electron chi connectivity index (χ0n) is 12.8. The van der Waals surface area contributed by atoms with E-state index in [0.29, 0.717) is 5.69 Å². The number of rotatable bonds is 5. The van der Waals surface area contributed by atoms with E-state index in [2.05, 4.69) is 4.98 Å². The third-order valence-corrected chi connectivity index (χ3v) is 5.39. The molecule has 0 unspecified atom stereocenters. The summed E-state index contributed by atoms with van der Waals surface area (Å²) in [7, 11) is 1.59. The molecule has 1 amide bonds. The van der Waals surface area contributed by atoms with Gasteiger partial charge < -0.3 is 4.90 Å². The first-order valence-corrected chi connectivity index (χ1v) is 8.95. The number of thiophene rings is 1. The number of carbonyl (C=O) groups is 1. The molecule has 24 heavy (non-hydrogen) atoms. The zero-order valence-corrected chi connectivity index (χ0v) is 14.5. The maximum absolute atomic E-state index is 13.7. The topological polar surface area (TPSA) is 33.2 Å². The molecule has 0 aliphatic heterocycles. The van der Waals surface area contributed by atoms with Gasteiger partial charge in [0.2, 0.25) is 5.91 Å². The molecule has 3 aromatic rings. The second kappa shape index (κ2) is 7.19. The molecule has 0 N–H and O–H groups in total. The van der Waals surface area contributed by atoms with Crippen LogP contribution in [0.5, 0.6) is 0 Å². The highest BCUT2D eigenvalue weighted by atomic mass is 32.1. The molecule has 2 heterocycles. The van der Waals surface area contributed by atoms with Gasteiger partial charge in [-0.2, -0.15) is 0 Å². The molecular formula is C17H14F2N2OS2. The average Bonchev–Trinajstić information content (AvgIpc) is 3.20. The minimum absolute atomic E-state index is 0.0901. The van der Waals surface area contributed by atoms with Crippen LogP contribution in [0.1, 0.15) is 11.3 Å². The first-order valence-electron chi connectivity index (χ1n) is 7.19. The third kappa shape index (κ3) is 3.85. The Morgan fingerprint density at radius 1 is 1.25 bits per heavy atom. The quantitative estimate of drug-likeness (QED) is 0.674. The Morgan fingerprint density at radius 3 is 2.79 bits per heavy atom. The van der Waals surface area contributed by atoms with Crippen LogP contribution in [0.15, 0.2) is 41.1 Å². The van der Waals surface area contributed by atoms with Gasteiger partial charge in [0, 0.05) is 30.6 Å². The van der Waals surface area contributed by atoms with Crippen LogP contribution < -0.4 is 0 Å². The van der Waals surface area contributed by atoms with Crippen molar-refractivity contribution in [1.82, 2.24) is 9.88 Å². The smallest absolute Gasteiger partial charge is 0.228 e. The number of aromatic nitrogens is 1. The van der Waals surface area contributed by atoms with E-state index in [9.17, 15) is 13.6 Å². The van der Waals surface area contributed by atoms with E-state index in [1.807, 2.05) is 22.9 Å². The van der Waals surface area contributed by atoms with Gasteiger partial charge in [-0.05, 0) is 17.5 Å². The maximum atomic E-state index is 13.7. The van der Waals surface area contributed by atoms with Gasteiger partial charge in [0.15, 0.2) is 0 Å². The molecule has 1 aromatic carbocycles. The van der Waals surface area contributed by atoms with Gasteiger partial charge in [-0.3, -0.25) is 4.79 Å². The van der Waals surface area contributed by atoms with Gasteiger partial charge in [0.1, 0.15) is 16.6 Å². The molecule has 0 aliphatic rings. The second-order valence-electron chi connectivity index (χ2n) is 5.28. The fourth-order valence-corrected chi connectivity index (χ4v) is 3.82. The molecule has 0 radical (unpaired) electrons. The fourth-order valence-electron chi connectivity index (χ4n) is 2.19. The highest BCUT2D eigenvalue weighted by Crippen LogP contribution is 2.28. The second-order valence-corrected chi connectivity index (χ2v) is 7.09. The number of nitrogens with zero attached hydrogens (tertiary/aromatic N) is 2. The summed E-state index contributed by atoms with van der Waals surface area (Å²) < 4.78 is 26.6. The normalized spacial score (nSPS) is 10.8. The van der Waals surface area contributed by atoms with Crippen LogP contribution in [-0.2, 0) is 17.8 Å². The number of hydrogen-bond donors (Lipinski definition) is 0. The molecule has 0 spiro atoms. The molecule has 7 heteroatoms. The van der Waals surface area contributed by atoms with E-state index < -0.39 is 11.6 Å². The Kier molecular flexibility index (Phi) is 5.01. The van der Waals surface area contributed by atoms with Gasteiger partial charge in [-0.25, -0.2) is 13.8 Å². The Balaban J connectivity index is 1.64. The first kappa shape index (κ1) is 16.7. The van der Waals surface area contributed by atoms with E-state index in [-0.39, 0.29) is 24.4 Å². The molecular weight excluding hydrogens is 350 g/mol. The van der Waals surface area contributed by atoms with Crippen LogP contribution in [-0.4, -0.2) is 22.8 Å². The Hall–Kier alpha value is -2.12. The number of halogens is 2. The van der Waals surface area contributed by atoms with Crippen molar-refractivity contribution >= 4 is 28.6 Å². The number of amides is 1. The lowest BCUT2D eigenvalue weighted by atomic mass is 10.2. The number of benzene rings is 1. The van der Waals surface area contributed by atoms with Crippen LogP contribution >= 0.6 is 22.7 Å². The van der Waals surface area contributed by atoms with Gasteiger partial charge in [0.25, 0.3) is 0 Å². The number of likely N-dealkylation sites (N-methyl/N-ethyl adjacent to an activating group) is 1. The van der Waals surface area contributed by atoms with Crippen LogP contribution in [0.4, 0.5) is 8.78 Å². The molecule has 0 aliphatic carbocycles. The zero-order chi connectivity index (χ0) is 17.1. The highest BCUT2D eigenvalue weighted by molar-refractivity contribution is 7.20. The Labute approximate surface area is 146 Å². The number of thiazole rings is 1. The van der Waals surface area contributed by atoms with Gasteiger partial charge in [0.05, 0.1) is 17.0 Å². The molecule has 0 saturated heterocycles. The van der Waals surface area contributed by atoms with Crippen molar-refractivity contribution in [1.29, 1.82) is 0 Å². The minimum atomic E-state index is -0.650. The summed E-state index contributed by atoms with van der Waals surface area (Å²) in [5.74, 6) is -1.45. The molecule has 0 saturated carbocycles. The van der Waals surface area contributed by atoms with Crippen molar-refractivity contribution in [2.24, 2.45) is 0 Å². The molecule has 3 nitrogen and oxygen atoms in total. The monoisotopic (exact) mass is 364 g/mol. The molecule has 2 aromatic heterocycles.